The Morgan fingerprint density at radius 2 is 2.00 bits per heavy atom. The zero-order chi connectivity index (χ0) is 20.9. The number of amidine groups is 1. The van der Waals surface area contributed by atoms with Crippen LogP contribution in [0.5, 0.6) is 5.75 Å². The molecule has 0 atom stereocenters. The van der Waals surface area contributed by atoms with Crippen LogP contribution in [0, 0.1) is 0 Å². The third-order valence-electron chi connectivity index (χ3n) is 4.08. The summed E-state index contributed by atoms with van der Waals surface area (Å²) in [6.07, 6.45) is 3.27. The number of pyridine rings is 1. The van der Waals surface area contributed by atoms with Gasteiger partial charge in [-0.05, 0) is 42.5 Å². The molecule has 8 nitrogen and oxygen atoms in total. The summed E-state index contributed by atoms with van der Waals surface area (Å²) in [6.45, 7) is 0.195. The van der Waals surface area contributed by atoms with Gasteiger partial charge in [0, 0.05) is 16.5 Å². The molecule has 0 aliphatic carbocycles. The lowest BCUT2D eigenvalue weighted by Gasteiger charge is -2.08. The van der Waals surface area contributed by atoms with Crippen molar-refractivity contribution in [3.05, 3.63) is 77.3 Å². The second-order valence-corrected chi connectivity index (χ2v) is 6.78. The number of halogens is 1. The van der Waals surface area contributed by atoms with Crippen LogP contribution >= 0.6 is 11.6 Å². The second kappa shape index (κ2) is 8.62. The smallest absolute Gasteiger partial charge is 0.174 e. The highest BCUT2D eigenvalue weighted by Gasteiger charge is 2.07. The zero-order valence-corrected chi connectivity index (χ0v) is 16.5. The molecule has 30 heavy (non-hydrogen) atoms. The quantitative estimate of drug-likeness (QED) is 0.321. The van der Waals surface area contributed by atoms with Crippen molar-refractivity contribution in [2.45, 2.75) is 6.61 Å². The van der Waals surface area contributed by atoms with Crippen molar-refractivity contribution >= 4 is 45.9 Å². The third-order valence-corrected chi connectivity index (χ3v) is 4.32. The number of hydrogen-bond acceptors (Lipinski definition) is 6. The summed E-state index contributed by atoms with van der Waals surface area (Å²) in [5.74, 6) is 2.33. The van der Waals surface area contributed by atoms with Crippen molar-refractivity contribution in [1.29, 1.82) is 0 Å². The average molecular weight is 420 g/mol. The van der Waals surface area contributed by atoms with Gasteiger partial charge in [-0.25, -0.2) is 15.0 Å². The molecular formula is C21H18ClN7O. The summed E-state index contributed by atoms with van der Waals surface area (Å²) in [5, 5.41) is 8.43. The highest BCUT2D eigenvalue weighted by Crippen LogP contribution is 2.26. The Kier molecular flexibility index (Phi) is 5.58. The lowest BCUT2D eigenvalue weighted by atomic mass is 10.2. The number of hydrogen-bond donors (Lipinski definition) is 3. The van der Waals surface area contributed by atoms with E-state index >= 15 is 0 Å². The molecule has 0 aliphatic heterocycles. The summed E-state index contributed by atoms with van der Waals surface area (Å²) in [4.78, 5) is 12.9. The molecule has 9 heteroatoms. The molecule has 0 radical (unpaired) electrons. The van der Waals surface area contributed by atoms with Crippen molar-refractivity contribution < 1.29 is 4.74 Å². The number of H-pyrrole nitrogens is 1. The number of para-hydroxylation sites is 1. The van der Waals surface area contributed by atoms with Gasteiger partial charge in [0.1, 0.15) is 24.0 Å². The Hall–Kier alpha value is -3.91. The van der Waals surface area contributed by atoms with E-state index in [1.165, 1.54) is 0 Å². The normalized spacial score (nSPS) is 12.0. The molecule has 2 aromatic carbocycles. The predicted molar refractivity (Wildman–Crippen MR) is 119 cm³/mol. The van der Waals surface area contributed by atoms with E-state index in [9.17, 15) is 0 Å². The molecule has 2 heterocycles. The molecule has 0 spiro atoms. The summed E-state index contributed by atoms with van der Waals surface area (Å²) in [6, 6.07) is 16.4. The van der Waals surface area contributed by atoms with Crippen LogP contribution in [-0.4, -0.2) is 26.0 Å². The first-order chi connectivity index (χ1) is 14.6. The van der Waals surface area contributed by atoms with Crippen molar-refractivity contribution in [2.24, 2.45) is 10.7 Å². The van der Waals surface area contributed by atoms with Crippen LogP contribution in [0.1, 0.15) is 11.6 Å². The van der Waals surface area contributed by atoms with E-state index in [0.717, 1.165) is 10.9 Å². The first-order valence-corrected chi connectivity index (χ1v) is 9.42. The fourth-order valence-corrected chi connectivity index (χ4v) is 2.95. The largest absolute Gasteiger partial charge is 0.485 e. The maximum Gasteiger partial charge on any atom is 0.174 e. The van der Waals surface area contributed by atoms with E-state index in [2.05, 4.69) is 25.2 Å². The SMILES string of the molecule is NC(/C=C\c1n[nH]c(COc2cc(N)nc3ccccc23)n1)=Nc1cccc(Cl)c1. The average Bonchev–Trinajstić information content (AvgIpc) is 3.18. The minimum absolute atomic E-state index is 0.195. The van der Waals surface area contributed by atoms with E-state index in [1.807, 2.05) is 30.3 Å². The number of anilines is 1. The van der Waals surface area contributed by atoms with Gasteiger partial charge in [0.2, 0.25) is 0 Å². The number of nitrogen functional groups attached to an aromatic ring is 1. The van der Waals surface area contributed by atoms with Gasteiger partial charge in [0.25, 0.3) is 0 Å². The minimum atomic E-state index is 0.195. The number of nitrogens with one attached hydrogen (secondary N) is 1. The second-order valence-electron chi connectivity index (χ2n) is 6.34. The predicted octanol–water partition coefficient (Wildman–Crippen LogP) is 3.87. The van der Waals surface area contributed by atoms with E-state index < -0.39 is 0 Å². The standard InChI is InChI=1S/C21H18ClN7O/c22-13-4-3-5-14(10-13)25-18(23)8-9-20-27-21(29-28-20)12-30-17-11-19(24)26-16-7-2-1-6-15(16)17/h1-11H,12H2,(H2,23,25)(H2,24,26)(H,27,28,29)/b9-8-. The molecule has 4 aromatic rings. The number of aromatic nitrogens is 4. The van der Waals surface area contributed by atoms with Crippen LogP contribution in [0.2, 0.25) is 5.02 Å². The zero-order valence-electron chi connectivity index (χ0n) is 15.8. The number of rotatable bonds is 6. The Morgan fingerprint density at radius 3 is 2.87 bits per heavy atom. The Morgan fingerprint density at radius 1 is 1.13 bits per heavy atom. The summed E-state index contributed by atoms with van der Waals surface area (Å²) < 4.78 is 5.88. The number of aliphatic imine (C=N–C) groups is 1. The van der Waals surface area contributed by atoms with Crippen molar-refractivity contribution in [1.82, 2.24) is 20.2 Å². The molecule has 0 saturated heterocycles. The van der Waals surface area contributed by atoms with Crippen LogP contribution in [0.4, 0.5) is 11.5 Å². The molecule has 0 aliphatic rings. The van der Waals surface area contributed by atoms with Gasteiger partial charge in [-0.2, -0.15) is 5.10 Å². The van der Waals surface area contributed by atoms with Crippen LogP contribution in [-0.2, 0) is 6.61 Å². The van der Waals surface area contributed by atoms with E-state index in [4.69, 9.17) is 27.8 Å². The van der Waals surface area contributed by atoms with E-state index in [1.54, 1.807) is 36.4 Å². The van der Waals surface area contributed by atoms with Gasteiger partial charge in [-0.15, -0.1) is 0 Å². The number of nitrogens with zero attached hydrogens (tertiary/aromatic N) is 4. The summed E-state index contributed by atoms with van der Waals surface area (Å²) >= 11 is 5.94. The van der Waals surface area contributed by atoms with Crippen LogP contribution in [0.15, 0.2) is 65.7 Å². The van der Waals surface area contributed by atoms with Gasteiger partial charge >= 0.3 is 0 Å². The first kappa shape index (κ1) is 19.4. The highest BCUT2D eigenvalue weighted by molar-refractivity contribution is 6.30. The van der Waals surface area contributed by atoms with Crippen molar-refractivity contribution in [3.8, 4) is 5.75 Å². The fourth-order valence-electron chi connectivity index (χ4n) is 2.77. The molecule has 0 amide bonds. The number of aromatic amines is 1. The molecule has 5 N–H and O–H groups in total. The molecule has 0 bridgehead atoms. The molecule has 2 aromatic heterocycles. The molecular weight excluding hydrogens is 402 g/mol. The van der Waals surface area contributed by atoms with Gasteiger partial charge in [0.05, 0.1) is 11.2 Å². The van der Waals surface area contributed by atoms with Gasteiger partial charge in [0.15, 0.2) is 11.6 Å². The molecule has 0 unspecified atom stereocenters. The van der Waals surface area contributed by atoms with Gasteiger partial charge < -0.3 is 16.2 Å². The van der Waals surface area contributed by atoms with Crippen LogP contribution in [0.25, 0.3) is 17.0 Å². The molecule has 0 saturated carbocycles. The topological polar surface area (TPSA) is 128 Å². The lowest BCUT2D eigenvalue weighted by molar-refractivity contribution is 0.300. The van der Waals surface area contributed by atoms with Gasteiger partial charge in [-0.1, -0.05) is 29.8 Å². The van der Waals surface area contributed by atoms with Gasteiger partial charge in [-0.3, -0.25) is 5.10 Å². The van der Waals surface area contributed by atoms with Crippen molar-refractivity contribution in [2.75, 3.05) is 5.73 Å². The van der Waals surface area contributed by atoms with E-state index in [-0.39, 0.29) is 6.61 Å². The maximum atomic E-state index is 5.94. The van der Waals surface area contributed by atoms with Crippen LogP contribution in [0.3, 0.4) is 0 Å². The highest BCUT2D eigenvalue weighted by atomic mass is 35.5. The minimum Gasteiger partial charge on any atom is -0.485 e. The first-order valence-electron chi connectivity index (χ1n) is 9.04. The van der Waals surface area contributed by atoms with E-state index in [0.29, 0.717) is 39.8 Å². The molecule has 0 fully saturated rings. The Balaban J connectivity index is 1.43. The Labute approximate surface area is 177 Å². The Bertz CT molecular complexity index is 1250. The number of benzene rings is 2. The van der Waals surface area contributed by atoms with Crippen molar-refractivity contribution in [3.63, 3.8) is 0 Å². The molecule has 4 rings (SSSR count). The fraction of sp³-hybridized carbons (Fsp3) is 0.0476. The lowest BCUT2D eigenvalue weighted by Crippen LogP contribution is -2.06. The third kappa shape index (κ3) is 4.73. The summed E-state index contributed by atoms with van der Waals surface area (Å²) in [5.41, 5.74) is 13.2. The number of ether oxygens (including phenoxy) is 1. The molecule has 150 valence electrons. The monoisotopic (exact) mass is 419 g/mol. The number of nitrogens with two attached hydrogens (primary N) is 2. The maximum absolute atomic E-state index is 5.94. The number of fused-ring (bicyclic) bond motifs is 1. The van der Waals surface area contributed by atoms with Crippen LogP contribution < -0.4 is 16.2 Å². The summed E-state index contributed by atoms with van der Waals surface area (Å²) in [7, 11) is 0.